The van der Waals surface area contributed by atoms with Crippen LogP contribution in [-0.2, 0) is 12.8 Å². The number of amides is 1. The van der Waals surface area contributed by atoms with Crippen molar-refractivity contribution in [2.75, 3.05) is 5.32 Å². The molecular weight excluding hydrogens is 355 g/mol. The summed E-state index contributed by atoms with van der Waals surface area (Å²) in [6, 6.07) is 6.08. The van der Waals surface area contributed by atoms with Crippen molar-refractivity contribution in [3.63, 3.8) is 0 Å². The standard InChI is InChI=1S/C15H10BrFN2OS/c16-12-6-8(17)4-5-10(12)14(20)19-15-11(7-18)9-2-1-3-13(9)21-15/h4-6H,1-3H2,(H,19,20). The molecule has 1 aromatic heterocycles. The first-order valence-corrected chi connectivity index (χ1v) is 8.02. The summed E-state index contributed by atoms with van der Waals surface area (Å²) in [5.41, 5.74) is 1.98. The molecule has 0 bridgehead atoms. The maximum atomic E-state index is 13.1. The summed E-state index contributed by atoms with van der Waals surface area (Å²) >= 11 is 4.64. The van der Waals surface area contributed by atoms with Gasteiger partial charge in [-0.3, -0.25) is 4.79 Å². The average molecular weight is 365 g/mol. The number of fused-ring (bicyclic) bond motifs is 1. The minimum atomic E-state index is -0.411. The van der Waals surface area contributed by atoms with Crippen LogP contribution in [0.15, 0.2) is 22.7 Å². The number of hydrogen-bond acceptors (Lipinski definition) is 3. The second-order valence-corrected chi connectivity index (χ2v) is 6.71. The Kier molecular flexibility index (Phi) is 3.79. The molecule has 0 atom stereocenters. The van der Waals surface area contributed by atoms with Crippen LogP contribution in [-0.4, -0.2) is 5.91 Å². The third-order valence-electron chi connectivity index (χ3n) is 3.44. The molecule has 0 aliphatic heterocycles. The molecule has 1 aliphatic rings. The summed E-state index contributed by atoms with van der Waals surface area (Å²) in [5, 5.41) is 12.7. The number of nitriles is 1. The van der Waals surface area contributed by atoms with Crippen molar-refractivity contribution in [1.82, 2.24) is 0 Å². The Morgan fingerprint density at radius 2 is 2.24 bits per heavy atom. The van der Waals surface area contributed by atoms with E-state index in [1.165, 1.54) is 34.4 Å². The van der Waals surface area contributed by atoms with Crippen LogP contribution in [0.1, 0.15) is 32.8 Å². The first kappa shape index (κ1) is 14.2. The summed E-state index contributed by atoms with van der Waals surface area (Å²) < 4.78 is 13.5. The molecule has 106 valence electrons. The largest absolute Gasteiger partial charge is 0.312 e. The predicted molar refractivity (Wildman–Crippen MR) is 83.1 cm³/mol. The molecular formula is C15H10BrFN2OS. The average Bonchev–Trinajstić information content (AvgIpc) is 2.98. The van der Waals surface area contributed by atoms with Gasteiger partial charge in [-0.2, -0.15) is 5.26 Å². The molecule has 2 aromatic rings. The summed E-state index contributed by atoms with van der Waals surface area (Å²) in [5.74, 6) is -0.760. The van der Waals surface area contributed by atoms with Gasteiger partial charge in [-0.15, -0.1) is 11.3 Å². The van der Waals surface area contributed by atoms with Crippen molar-refractivity contribution >= 4 is 38.2 Å². The highest BCUT2D eigenvalue weighted by Gasteiger charge is 2.23. The van der Waals surface area contributed by atoms with Gasteiger partial charge in [0.15, 0.2) is 0 Å². The second-order valence-electron chi connectivity index (χ2n) is 4.75. The van der Waals surface area contributed by atoms with Gasteiger partial charge in [0.25, 0.3) is 5.91 Å². The van der Waals surface area contributed by atoms with Crippen LogP contribution in [0.2, 0.25) is 0 Å². The van der Waals surface area contributed by atoms with Crippen molar-refractivity contribution in [2.45, 2.75) is 19.3 Å². The molecule has 0 spiro atoms. The van der Waals surface area contributed by atoms with Crippen LogP contribution in [0.3, 0.4) is 0 Å². The number of carbonyl (C=O) groups excluding carboxylic acids is 1. The van der Waals surface area contributed by atoms with Crippen LogP contribution < -0.4 is 5.32 Å². The minimum absolute atomic E-state index is 0.342. The fourth-order valence-corrected chi connectivity index (χ4v) is 4.22. The highest BCUT2D eigenvalue weighted by molar-refractivity contribution is 9.10. The first-order chi connectivity index (χ1) is 10.1. The van der Waals surface area contributed by atoms with E-state index in [1.54, 1.807) is 0 Å². The van der Waals surface area contributed by atoms with E-state index in [0.717, 1.165) is 24.8 Å². The lowest BCUT2D eigenvalue weighted by Crippen LogP contribution is -2.12. The van der Waals surface area contributed by atoms with E-state index in [1.807, 2.05) is 0 Å². The summed E-state index contributed by atoms with van der Waals surface area (Å²) in [6.07, 6.45) is 2.92. The smallest absolute Gasteiger partial charge is 0.257 e. The highest BCUT2D eigenvalue weighted by atomic mass is 79.9. The van der Waals surface area contributed by atoms with Gasteiger partial charge in [0.05, 0.1) is 11.1 Å². The van der Waals surface area contributed by atoms with Crippen LogP contribution in [0.25, 0.3) is 0 Å². The SMILES string of the molecule is N#Cc1c(NC(=O)c2ccc(F)cc2Br)sc2c1CCC2. The van der Waals surface area contributed by atoms with Gasteiger partial charge in [0.2, 0.25) is 0 Å². The quantitative estimate of drug-likeness (QED) is 0.865. The van der Waals surface area contributed by atoms with Crippen LogP contribution in [0.5, 0.6) is 0 Å². The number of nitrogens with zero attached hydrogens (tertiary/aromatic N) is 1. The molecule has 0 saturated heterocycles. The zero-order valence-corrected chi connectivity index (χ0v) is 13.3. The molecule has 0 saturated carbocycles. The fraction of sp³-hybridized carbons (Fsp3) is 0.200. The Morgan fingerprint density at radius 3 is 2.95 bits per heavy atom. The molecule has 0 fully saturated rings. The van der Waals surface area contributed by atoms with Gasteiger partial charge in [0, 0.05) is 9.35 Å². The van der Waals surface area contributed by atoms with Crippen molar-refractivity contribution in [1.29, 1.82) is 5.26 Å². The zero-order chi connectivity index (χ0) is 15.0. The minimum Gasteiger partial charge on any atom is -0.312 e. The molecule has 0 radical (unpaired) electrons. The molecule has 1 aromatic carbocycles. The van der Waals surface area contributed by atoms with E-state index in [9.17, 15) is 14.4 Å². The molecule has 1 amide bonds. The maximum absolute atomic E-state index is 13.1. The van der Waals surface area contributed by atoms with E-state index in [0.29, 0.717) is 20.6 Å². The lowest BCUT2D eigenvalue weighted by atomic mass is 10.1. The van der Waals surface area contributed by atoms with Crippen molar-refractivity contribution in [2.24, 2.45) is 0 Å². The van der Waals surface area contributed by atoms with Gasteiger partial charge in [-0.05, 0) is 59.0 Å². The number of thiophene rings is 1. The normalized spacial score (nSPS) is 12.8. The van der Waals surface area contributed by atoms with Gasteiger partial charge >= 0.3 is 0 Å². The van der Waals surface area contributed by atoms with Gasteiger partial charge in [-0.1, -0.05) is 0 Å². The van der Waals surface area contributed by atoms with E-state index < -0.39 is 5.82 Å². The lowest BCUT2D eigenvalue weighted by Gasteiger charge is -2.06. The number of nitrogens with one attached hydrogen (secondary N) is 1. The molecule has 3 nitrogen and oxygen atoms in total. The number of anilines is 1. The number of aryl methyl sites for hydroxylation is 1. The molecule has 1 N–H and O–H groups in total. The molecule has 0 unspecified atom stereocenters. The predicted octanol–water partition coefficient (Wildman–Crippen LogP) is 4.26. The third-order valence-corrected chi connectivity index (χ3v) is 5.30. The Balaban J connectivity index is 1.91. The zero-order valence-electron chi connectivity index (χ0n) is 10.9. The molecule has 1 aliphatic carbocycles. The van der Waals surface area contributed by atoms with Crippen molar-refractivity contribution in [3.8, 4) is 6.07 Å². The molecule has 3 rings (SSSR count). The summed E-state index contributed by atoms with van der Waals surface area (Å²) in [6.45, 7) is 0. The summed E-state index contributed by atoms with van der Waals surface area (Å²) in [4.78, 5) is 13.5. The van der Waals surface area contributed by atoms with Crippen LogP contribution in [0.4, 0.5) is 9.39 Å². The Hall–Kier alpha value is -1.71. The number of rotatable bonds is 2. The molecule has 6 heteroatoms. The van der Waals surface area contributed by atoms with E-state index in [2.05, 4.69) is 27.3 Å². The van der Waals surface area contributed by atoms with E-state index in [-0.39, 0.29) is 5.91 Å². The monoisotopic (exact) mass is 364 g/mol. The lowest BCUT2D eigenvalue weighted by molar-refractivity contribution is 0.102. The Bertz CT molecular complexity index is 779. The highest BCUT2D eigenvalue weighted by Crippen LogP contribution is 2.38. The maximum Gasteiger partial charge on any atom is 0.257 e. The fourth-order valence-electron chi connectivity index (χ4n) is 2.45. The first-order valence-electron chi connectivity index (χ1n) is 6.41. The van der Waals surface area contributed by atoms with Gasteiger partial charge < -0.3 is 5.32 Å². The second kappa shape index (κ2) is 5.58. The van der Waals surface area contributed by atoms with Gasteiger partial charge in [-0.25, -0.2) is 4.39 Å². The molecule has 1 heterocycles. The van der Waals surface area contributed by atoms with Crippen LogP contribution in [0, 0.1) is 17.1 Å². The topological polar surface area (TPSA) is 52.9 Å². The van der Waals surface area contributed by atoms with E-state index in [4.69, 9.17) is 0 Å². The van der Waals surface area contributed by atoms with Crippen molar-refractivity contribution < 1.29 is 9.18 Å². The molecule has 21 heavy (non-hydrogen) atoms. The number of carbonyl (C=O) groups is 1. The van der Waals surface area contributed by atoms with Crippen LogP contribution >= 0.6 is 27.3 Å². The number of halogens is 2. The number of benzene rings is 1. The summed E-state index contributed by atoms with van der Waals surface area (Å²) in [7, 11) is 0. The van der Waals surface area contributed by atoms with E-state index >= 15 is 0 Å². The Labute approximate surface area is 133 Å². The van der Waals surface area contributed by atoms with Gasteiger partial charge in [0.1, 0.15) is 16.9 Å². The number of hydrogen-bond donors (Lipinski definition) is 1. The Morgan fingerprint density at radius 1 is 1.43 bits per heavy atom. The van der Waals surface area contributed by atoms with Crippen molar-refractivity contribution in [3.05, 3.63) is 50.1 Å². The third kappa shape index (κ3) is 2.59.